The molecule has 1 saturated heterocycles. The van der Waals surface area contributed by atoms with E-state index in [9.17, 15) is 9.59 Å². The van der Waals surface area contributed by atoms with Gasteiger partial charge >= 0.3 is 0 Å². The van der Waals surface area contributed by atoms with Crippen molar-refractivity contribution >= 4 is 51.4 Å². The van der Waals surface area contributed by atoms with Crippen molar-refractivity contribution < 1.29 is 9.59 Å². The largest absolute Gasteiger partial charge is 0.364 e. The first-order chi connectivity index (χ1) is 15.1. The topological polar surface area (TPSA) is 172 Å². The molecule has 13 nitrogen and oxygen atoms in total. The Labute approximate surface area is 178 Å². The lowest BCUT2D eigenvalue weighted by atomic mass is 10.2. The molecule has 4 aromatic heterocycles. The molecule has 4 aromatic rings. The van der Waals surface area contributed by atoms with Crippen LogP contribution in [0, 0.1) is 0 Å². The average molecular weight is 439 g/mol. The predicted octanol–water partition coefficient (Wildman–Crippen LogP) is 0.754. The molecular weight excluding hydrogens is 422 g/mol. The van der Waals surface area contributed by atoms with Gasteiger partial charge in [0.1, 0.15) is 22.8 Å². The number of nitrogens with one attached hydrogen (secondary N) is 3. The summed E-state index contributed by atoms with van der Waals surface area (Å²) in [6.45, 7) is 0.634. The molecule has 0 radical (unpaired) electrons. The summed E-state index contributed by atoms with van der Waals surface area (Å²) in [4.78, 5) is 30.6. The summed E-state index contributed by atoms with van der Waals surface area (Å²) in [5.41, 5.74) is 7.72. The molecule has 0 aliphatic carbocycles. The number of nitrogens with two attached hydrogens (primary N) is 1. The Balaban J connectivity index is 1.45. The Hall–Kier alpha value is -4.07. The second-order valence-electron chi connectivity index (χ2n) is 6.84. The second-order valence-corrected chi connectivity index (χ2v) is 7.67. The Kier molecular flexibility index (Phi) is 4.66. The van der Waals surface area contributed by atoms with Crippen molar-refractivity contribution in [3.8, 4) is 0 Å². The summed E-state index contributed by atoms with van der Waals surface area (Å²) in [5.74, 6) is 0.462. The zero-order chi connectivity index (χ0) is 21.4. The first-order valence-corrected chi connectivity index (χ1v) is 10.3. The maximum absolute atomic E-state index is 12.8. The van der Waals surface area contributed by atoms with Crippen molar-refractivity contribution in [2.24, 2.45) is 5.73 Å². The van der Waals surface area contributed by atoms with Gasteiger partial charge in [0.05, 0.1) is 0 Å². The van der Waals surface area contributed by atoms with Crippen molar-refractivity contribution in [3.63, 3.8) is 0 Å². The van der Waals surface area contributed by atoms with Crippen LogP contribution in [-0.2, 0) is 4.79 Å². The highest BCUT2D eigenvalue weighted by atomic mass is 32.1. The third-order valence-electron chi connectivity index (χ3n) is 4.87. The maximum atomic E-state index is 12.8. The SMILES string of the molecule is NC(=O)c1cc(Nc2nc(N3CCC[C@H]3C(=O)Nc3nncs3)nn3cccc23)n[nH]1. The molecule has 5 rings (SSSR count). The van der Waals surface area contributed by atoms with Crippen LogP contribution in [0.4, 0.5) is 22.7 Å². The van der Waals surface area contributed by atoms with Gasteiger partial charge in [-0.1, -0.05) is 11.3 Å². The highest BCUT2D eigenvalue weighted by Crippen LogP contribution is 2.27. The van der Waals surface area contributed by atoms with Gasteiger partial charge in [-0.15, -0.1) is 15.3 Å². The van der Waals surface area contributed by atoms with Gasteiger partial charge in [-0.05, 0) is 25.0 Å². The maximum Gasteiger partial charge on any atom is 0.266 e. The zero-order valence-corrected chi connectivity index (χ0v) is 16.8. The molecule has 1 aliphatic heterocycles. The molecule has 0 bridgehead atoms. The van der Waals surface area contributed by atoms with Crippen LogP contribution in [0.2, 0.25) is 0 Å². The van der Waals surface area contributed by atoms with Gasteiger partial charge in [-0.2, -0.15) is 10.1 Å². The average Bonchev–Trinajstić information content (AvgIpc) is 3.53. The summed E-state index contributed by atoms with van der Waals surface area (Å²) >= 11 is 1.26. The van der Waals surface area contributed by atoms with Gasteiger partial charge in [-0.25, -0.2) is 4.52 Å². The predicted molar refractivity (Wildman–Crippen MR) is 112 cm³/mol. The number of hydrogen-bond acceptors (Lipinski definition) is 10. The van der Waals surface area contributed by atoms with Crippen molar-refractivity contribution in [1.82, 2.24) is 35.0 Å². The molecule has 0 saturated carbocycles. The van der Waals surface area contributed by atoms with E-state index in [4.69, 9.17) is 5.73 Å². The number of aromatic nitrogens is 7. The molecule has 1 atom stereocenters. The van der Waals surface area contributed by atoms with E-state index >= 15 is 0 Å². The first-order valence-electron chi connectivity index (χ1n) is 9.40. The molecule has 1 aliphatic rings. The number of carbonyl (C=O) groups excluding carboxylic acids is 2. The summed E-state index contributed by atoms with van der Waals surface area (Å²) in [6, 6.07) is 4.74. The Morgan fingerprint density at radius 3 is 3.03 bits per heavy atom. The van der Waals surface area contributed by atoms with Crippen molar-refractivity contribution in [1.29, 1.82) is 0 Å². The standard InChI is InChI=1S/C17H17N11O2S/c18-13(29)9-7-12(24-23-9)20-14-10-3-2-6-28(10)26-16(21-14)27-5-1-4-11(27)15(30)22-17-25-19-8-31-17/h2-3,6-8,11H,1,4-5H2,(H2,18,29)(H,22,25,30)(H2,20,21,23,24,26)/t11-/m0/s1. The lowest BCUT2D eigenvalue weighted by molar-refractivity contribution is -0.117. The van der Waals surface area contributed by atoms with E-state index in [1.54, 1.807) is 16.2 Å². The Bertz CT molecular complexity index is 1250. The molecule has 0 unspecified atom stereocenters. The molecule has 0 aromatic carbocycles. The fraction of sp³-hybridized carbons (Fsp3) is 0.235. The van der Waals surface area contributed by atoms with E-state index in [0.717, 1.165) is 6.42 Å². The highest BCUT2D eigenvalue weighted by molar-refractivity contribution is 7.13. The van der Waals surface area contributed by atoms with Crippen LogP contribution in [0.15, 0.2) is 29.9 Å². The zero-order valence-electron chi connectivity index (χ0n) is 16.0. The fourth-order valence-electron chi connectivity index (χ4n) is 3.46. The quantitative estimate of drug-likeness (QED) is 0.338. The van der Waals surface area contributed by atoms with Crippen LogP contribution in [0.3, 0.4) is 0 Å². The van der Waals surface area contributed by atoms with Crippen molar-refractivity contribution in [2.45, 2.75) is 18.9 Å². The molecule has 5 heterocycles. The van der Waals surface area contributed by atoms with Gasteiger partial charge in [0.15, 0.2) is 11.6 Å². The van der Waals surface area contributed by atoms with E-state index < -0.39 is 11.9 Å². The molecule has 14 heteroatoms. The number of fused-ring (bicyclic) bond motifs is 1. The van der Waals surface area contributed by atoms with Gasteiger partial charge in [-0.3, -0.25) is 20.0 Å². The molecule has 5 N–H and O–H groups in total. The van der Waals surface area contributed by atoms with Gasteiger partial charge in [0.25, 0.3) is 5.91 Å². The van der Waals surface area contributed by atoms with Crippen LogP contribution in [0.5, 0.6) is 0 Å². The molecule has 1 fully saturated rings. The molecular formula is C17H17N11O2S. The lowest BCUT2D eigenvalue weighted by Gasteiger charge is -2.24. The third kappa shape index (κ3) is 3.63. The van der Waals surface area contributed by atoms with Crippen LogP contribution >= 0.6 is 11.3 Å². The number of hydrogen-bond donors (Lipinski definition) is 4. The van der Waals surface area contributed by atoms with Crippen molar-refractivity contribution in [3.05, 3.63) is 35.6 Å². The molecule has 158 valence electrons. The molecule has 31 heavy (non-hydrogen) atoms. The van der Waals surface area contributed by atoms with E-state index in [1.165, 1.54) is 17.4 Å². The minimum Gasteiger partial charge on any atom is -0.364 e. The van der Waals surface area contributed by atoms with Crippen LogP contribution in [0.25, 0.3) is 5.52 Å². The monoisotopic (exact) mass is 439 g/mol. The minimum atomic E-state index is -0.613. The van der Waals surface area contributed by atoms with Crippen LogP contribution < -0.4 is 21.3 Å². The normalized spacial score (nSPS) is 16.0. The second kappa shape index (κ2) is 7.64. The number of amides is 2. The fourth-order valence-corrected chi connectivity index (χ4v) is 3.91. The summed E-state index contributed by atoms with van der Waals surface area (Å²) in [6.07, 6.45) is 3.28. The smallest absolute Gasteiger partial charge is 0.266 e. The Morgan fingerprint density at radius 1 is 1.35 bits per heavy atom. The first kappa shape index (κ1) is 18.9. The summed E-state index contributed by atoms with van der Waals surface area (Å²) < 4.78 is 1.67. The number of primary amides is 1. The van der Waals surface area contributed by atoms with Crippen LogP contribution in [-0.4, -0.2) is 59.4 Å². The lowest BCUT2D eigenvalue weighted by Crippen LogP contribution is -2.40. The molecule has 0 spiro atoms. The number of H-pyrrole nitrogens is 1. The van der Waals surface area contributed by atoms with E-state index in [0.29, 0.717) is 41.2 Å². The number of rotatable bonds is 6. The number of anilines is 4. The number of aromatic amines is 1. The van der Waals surface area contributed by atoms with Crippen molar-refractivity contribution in [2.75, 3.05) is 22.1 Å². The minimum absolute atomic E-state index is 0.177. The van der Waals surface area contributed by atoms with Crippen LogP contribution in [0.1, 0.15) is 23.3 Å². The Morgan fingerprint density at radius 2 is 2.26 bits per heavy atom. The summed E-state index contributed by atoms with van der Waals surface area (Å²) in [5, 5.41) is 25.1. The molecule has 2 amide bonds. The van der Waals surface area contributed by atoms with E-state index in [1.807, 2.05) is 17.0 Å². The van der Waals surface area contributed by atoms with Gasteiger partial charge < -0.3 is 16.0 Å². The number of carbonyl (C=O) groups is 2. The van der Waals surface area contributed by atoms with Gasteiger partial charge in [0, 0.05) is 18.8 Å². The highest BCUT2D eigenvalue weighted by Gasteiger charge is 2.33. The number of nitrogens with zero attached hydrogens (tertiary/aromatic N) is 7. The van der Waals surface area contributed by atoms with Gasteiger partial charge in [0.2, 0.25) is 17.0 Å². The van der Waals surface area contributed by atoms with E-state index in [2.05, 4.69) is 41.1 Å². The third-order valence-corrected chi connectivity index (χ3v) is 5.48. The van der Waals surface area contributed by atoms with E-state index in [-0.39, 0.29) is 11.6 Å². The summed E-state index contributed by atoms with van der Waals surface area (Å²) in [7, 11) is 0.